The molecule has 0 aliphatic heterocycles. The maximum atomic E-state index is 11.9. The van der Waals surface area contributed by atoms with Gasteiger partial charge >= 0.3 is 5.97 Å². The quantitative estimate of drug-likeness (QED) is 0.518. The van der Waals surface area contributed by atoms with E-state index in [2.05, 4.69) is 15.5 Å². The van der Waals surface area contributed by atoms with Crippen LogP contribution in [0.4, 0.5) is 11.4 Å². The van der Waals surface area contributed by atoms with E-state index >= 15 is 0 Å². The van der Waals surface area contributed by atoms with Crippen molar-refractivity contribution >= 4 is 34.7 Å². The number of benzene rings is 2. The predicted octanol–water partition coefficient (Wildman–Crippen LogP) is 3.60. The lowest BCUT2D eigenvalue weighted by Crippen LogP contribution is -2.35. The van der Waals surface area contributed by atoms with Gasteiger partial charge in [0.2, 0.25) is 0 Å². The summed E-state index contributed by atoms with van der Waals surface area (Å²) in [4.78, 5) is 14.0. The molecule has 2 aromatic rings. The van der Waals surface area contributed by atoms with Crippen molar-refractivity contribution in [3.8, 4) is 5.75 Å². The van der Waals surface area contributed by atoms with Crippen LogP contribution in [-0.4, -0.2) is 44.9 Å². The summed E-state index contributed by atoms with van der Waals surface area (Å²) in [6.45, 7) is 5.53. The highest BCUT2D eigenvalue weighted by Crippen LogP contribution is 2.18. The topological polar surface area (TPSA) is 62.8 Å². The van der Waals surface area contributed by atoms with Gasteiger partial charge < -0.3 is 25.0 Å². The first-order chi connectivity index (χ1) is 13.4. The minimum atomic E-state index is -0.342. The normalized spacial score (nSPS) is 10.1. The van der Waals surface area contributed by atoms with E-state index in [9.17, 15) is 4.79 Å². The van der Waals surface area contributed by atoms with Crippen molar-refractivity contribution < 1.29 is 14.3 Å². The first kappa shape index (κ1) is 21.5. The highest BCUT2D eigenvalue weighted by molar-refractivity contribution is 7.80. The lowest BCUT2D eigenvalue weighted by molar-refractivity contribution is 0.0526. The van der Waals surface area contributed by atoms with Crippen LogP contribution in [0.3, 0.4) is 0 Å². The summed E-state index contributed by atoms with van der Waals surface area (Å²) in [7, 11) is 3.67. The summed E-state index contributed by atoms with van der Waals surface area (Å²) in [6.07, 6.45) is 0. The van der Waals surface area contributed by atoms with E-state index in [0.717, 1.165) is 29.2 Å². The Morgan fingerprint density at radius 1 is 1.18 bits per heavy atom. The molecule has 2 rings (SSSR count). The fourth-order valence-corrected chi connectivity index (χ4v) is 2.78. The Balaban J connectivity index is 1.86. The van der Waals surface area contributed by atoms with E-state index < -0.39 is 0 Å². The van der Waals surface area contributed by atoms with Crippen LogP contribution in [0.5, 0.6) is 5.75 Å². The molecule has 0 amide bonds. The van der Waals surface area contributed by atoms with Gasteiger partial charge in [0.25, 0.3) is 0 Å². The van der Waals surface area contributed by atoms with E-state index in [1.807, 2.05) is 44.3 Å². The number of anilines is 2. The zero-order valence-electron chi connectivity index (χ0n) is 16.7. The summed E-state index contributed by atoms with van der Waals surface area (Å²) in [5, 5.41) is 6.85. The number of hydrogen-bond donors (Lipinski definition) is 2. The average Bonchev–Trinajstić information content (AvgIpc) is 2.69. The first-order valence-electron chi connectivity index (χ1n) is 9.12. The van der Waals surface area contributed by atoms with Crippen LogP contribution in [0.1, 0.15) is 22.8 Å². The van der Waals surface area contributed by atoms with Crippen molar-refractivity contribution in [3.05, 3.63) is 53.6 Å². The number of ether oxygens (including phenoxy) is 2. The van der Waals surface area contributed by atoms with Crippen molar-refractivity contribution in [3.63, 3.8) is 0 Å². The number of methoxy groups -OCH3 is 1. The molecule has 0 saturated carbocycles. The van der Waals surface area contributed by atoms with Gasteiger partial charge in [0.05, 0.1) is 19.3 Å². The SMILES string of the molecule is CCOC(=O)c1ccc(C)c(NC(=S)NCCN(C)c2ccc(OC)cc2)c1. The summed E-state index contributed by atoms with van der Waals surface area (Å²) in [5.74, 6) is 0.492. The Morgan fingerprint density at radius 3 is 2.54 bits per heavy atom. The molecule has 0 radical (unpaired) electrons. The minimum absolute atomic E-state index is 0.342. The zero-order chi connectivity index (χ0) is 20.5. The van der Waals surface area contributed by atoms with Crippen LogP contribution in [0.15, 0.2) is 42.5 Å². The molecule has 0 bridgehead atoms. The zero-order valence-corrected chi connectivity index (χ0v) is 17.6. The Bertz CT molecular complexity index is 809. The number of nitrogens with zero attached hydrogens (tertiary/aromatic N) is 1. The molecule has 2 N–H and O–H groups in total. The lowest BCUT2D eigenvalue weighted by Gasteiger charge is -2.20. The molecule has 7 heteroatoms. The first-order valence-corrected chi connectivity index (χ1v) is 9.53. The molecule has 0 fully saturated rings. The Morgan fingerprint density at radius 2 is 1.89 bits per heavy atom. The Hall–Kier alpha value is -2.80. The second-order valence-electron chi connectivity index (χ2n) is 6.25. The third kappa shape index (κ3) is 6.13. The molecule has 0 unspecified atom stereocenters. The molecule has 6 nitrogen and oxygen atoms in total. The van der Waals surface area contributed by atoms with E-state index in [-0.39, 0.29) is 5.97 Å². The van der Waals surface area contributed by atoms with E-state index in [0.29, 0.717) is 23.8 Å². The summed E-state index contributed by atoms with van der Waals surface area (Å²) >= 11 is 5.38. The molecule has 0 heterocycles. The number of carbonyl (C=O) groups excluding carboxylic acids is 1. The maximum Gasteiger partial charge on any atom is 0.338 e. The summed E-state index contributed by atoms with van der Waals surface area (Å²) < 4.78 is 10.2. The van der Waals surface area contributed by atoms with Crippen LogP contribution in [-0.2, 0) is 4.74 Å². The number of nitrogens with one attached hydrogen (secondary N) is 2. The predicted molar refractivity (Wildman–Crippen MR) is 118 cm³/mol. The lowest BCUT2D eigenvalue weighted by atomic mass is 10.1. The molecule has 0 saturated heterocycles. The third-order valence-electron chi connectivity index (χ3n) is 4.24. The molecule has 0 aromatic heterocycles. The van der Waals surface area contributed by atoms with Crippen molar-refractivity contribution in [2.75, 3.05) is 44.1 Å². The van der Waals surface area contributed by atoms with Crippen molar-refractivity contribution in [1.29, 1.82) is 0 Å². The molecule has 28 heavy (non-hydrogen) atoms. The standard InChI is InChI=1S/C21H27N3O3S/c1-5-27-20(25)16-7-6-15(2)19(14-16)23-21(28)22-12-13-24(3)17-8-10-18(26-4)11-9-17/h6-11,14H,5,12-13H2,1-4H3,(H2,22,23,28). The largest absolute Gasteiger partial charge is 0.497 e. The van der Waals surface area contributed by atoms with Gasteiger partial charge in [-0.25, -0.2) is 4.79 Å². The van der Waals surface area contributed by atoms with Crippen LogP contribution in [0.2, 0.25) is 0 Å². The van der Waals surface area contributed by atoms with Gasteiger partial charge in [-0.2, -0.15) is 0 Å². The number of esters is 1. The van der Waals surface area contributed by atoms with Crippen LogP contribution in [0.25, 0.3) is 0 Å². The second kappa shape index (κ2) is 10.5. The molecule has 0 atom stereocenters. The van der Waals surface area contributed by atoms with E-state index in [4.69, 9.17) is 21.7 Å². The molecule has 150 valence electrons. The maximum absolute atomic E-state index is 11.9. The second-order valence-corrected chi connectivity index (χ2v) is 6.66. The number of thiocarbonyl (C=S) groups is 1. The highest BCUT2D eigenvalue weighted by atomic mass is 32.1. The van der Waals surface area contributed by atoms with Crippen molar-refractivity contribution in [1.82, 2.24) is 5.32 Å². The monoisotopic (exact) mass is 401 g/mol. The minimum Gasteiger partial charge on any atom is -0.497 e. The average molecular weight is 402 g/mol. The molecule has 0 spiro atoms. The van der Waals surface area contributed by atoms with Gasteiger partial charge in [-0.15, -0.1) is 0 Å². The molecule has 0 aliphatic rings. The number of likely N-dealkylation sites (N-methyl/N-ethyl adjacent to an activating group) is 1. The van der Waals surface area contributed by atoms with Gasteiger partial charge in [0, 0.05) is 31.5 Å². The highest BCUT2D eigenvalue weighted by Gasteiger charge is 2.10. The van der Waals surface area contributed by atoms with Crippen molar-refractivity contribution in [2.45, 2.75) is 13.8 Å². The molecule has 0 aliphatic carbocycles. The fraction of sp³-hybridized carbons (Fsp3) is 0.333. The van der Waals surface area contributed by atoms with Crippen molar-refractivity contribution in [2.24, 2.45) is 0 Å². The van der Waals surface area contributed by atoms with E-state index in [1.54, 1.807) is 26.2 Å². The van der Waals surface area contributed by atoms with Crippen LogP contribution < -0.4 is 20.3 Å². The third-order valence-corrected chi connectivity index (χ3v) is 4.49. The molecular formula is C21H27N3O3S. The van der Waals surface area contributed by atoms with Gasteiger partial charge in [0.1, 0.15) is 5.75 Å². The number of aryl methyl sites for hydroxylation is 1. The number of rotatable bonds is 8. The number of hydrogen-bond acceptors (Lipinski definition) is 5. The van der Waals surface area contributed by atoms with Gasteiger partial charge in [-0.3, -0.25) is 0 Å². The van der Waals surface area contributed by atoms with Crippen LogP contribution in [0, 0.1) is 6.92 Å². The van der Waals surface area contributed by atoms with Gasteiger partial charge in [0.15, 0.2) is 5.11 Å². The fourth-order valence-electron chi connectivity index (χ4n) is 2.57. The Labute approximate surface area is 171 Å². The van der Waals surface area contributed by atoms with Crippen LogP contribution >= 0.6 is 12.2 Å². The smallest absolute Gasteiger partial charge is 0.338 e. The molecular weight excluding hydrogens is 374 g/mol. The number of carbonyl (C=O) groups is 1. The van der Waals surface area contributed by atoms with Gasteiger partial charge in [-0.1, -0.05) is 6.07 Å². The van der Waals surface area contributed by atoms with E-state index in [1.165, 1.54) is 0 Å². The summed E-state index contributed by atoms with van der Waals surface area (Å²) in [6, 6.07) is 13.3. The summed E-state index contributed by atoms with van der Waals surface area (Å²) in [5.41, 5.74) is 3.37. The Kier molecular flexibility index (Phi) is 8.07. The molecule has 2 aromatic carbocycles. The van der Waals surface area contributed by atoms with Gasteiger partial charge in [-0.05, 0) is 68.0 Å².